The Balaban J connectivity index is 1.59. The summed E-state index contributed by atoms with van der Waals surface area (Å²) in [6.07, 6.45) is 5.40. The molecule has 0 bridgehead atoms. The molecule has 146 valence electrons. The van der Waals surface area contributed by atoms with Crippen LogP contribution in [0.15, 0.2) is 24.4 Å². The highest BCUT2D eigenvalue weighted by Gasteiger charge is 2.39. The minimum atomic E-state index is -0.377. The second-order valence-corrected chi connectivity index (χ2v) is 7.66. The second-order valence-electron chi connectivity index (χ2n) is 7.66. The molecule has 1 aliphatic heterocycles. The Morgan fingerprint density at radius 3 is 2.96 bits per heavy atom. The number of fused-ring (bicyclic) bond motifs is 1. The fraction of sp³-hybridized carbons (Fsp3) is 0.571. The molecular weight excluding hydrogens is 342 g/mol. The lowest BCUT2D eigenvalue weighted by molar-refractivity contribution is -0.148. The van der Waals surface area contributed by atoms with Gasteiger partial charge in [0.1, 0.15) is 6.10 Å². The summed E-state index contributed by atoms with van der Waals surface area (Å²) in [5.74, 6) is 0.104. The van der Waals surface area contributed by atoms with Gasteiger partial charge in [-0.25, -0.2) is 0 Å². The number of amides is 1. The Kier molecular flexibility index (Phi) is 5.48. The third-order valence-corrected chi connectivity index (χ3v) is 5.69. The Morgan fingerprint density at radius 2 is 2.26 bits per heavy atom. The molecule has 1 saturated heterocycles. The van der Waals surface area contributed by atoms with E-state index < -0.39 is 0 Å². The van der Waals surface area contributed by atoms with Gasteiger partial charge in [-0.2, -0.15) is 0 Å². The number of aromatic amines is 1. The van der Waals surface area contributed by atoms with Gasteiger partial charge in [-0.15, -0.1) is 0 Å². The quantitative estimate of drug-likeness (QED) is 0.697. The van der Waals surface area contributed by atoms with Crippen LogP contribution >= 0.6 is 0 Å². The molecule has 1 aliphatic carbocycles. The zero-order chi connectivity index (χ0) is 18.8. The molecule has 1 aromatic heterocycles. The average molecular weight is 371 g/mol. The summed E-state index contributed by atoms with van der Waals surface area (Å²) in [6, 6.07) is 6.75. The highest BCUT2D eigenvalue weighted by atomic mass is 16.5. The molecule has 2 aromatic rings. The van der Waals surface area contributed by atoms with E-state index in [0.29, 0.717) is 19.2 Å². The van der Waals surface area contributed by atoms with Gasteiger partial charge in [0.15, 0.2) is 0 Å². The molecule has 1 amide bonds. The van der Waals surface area contributed by atoms with E-state index in [1.54, 1.807) is 0 Å². The molecule has 1 unspecified atom stereocenters. The van der Waals surface area contributed by atoms with E-state index in [2.05, 4.69) is 35.4 Å². The van der Waals surface area contributed by atoms with Crippen molar-refractivity contribution in [2.45, 2.75) is 50.8 Å². The van der Waals surface area contributed by atoms with Crippen molar-refractivity contribution in [1.29, 1.82) is 0 Å². The number of nitrogens with one attached hydrogen (secondary N) is 2. The molecule has 1 aromatic carbocycles. The lowest BCUT2D eigenvalue weighted by Gasteiger charge is -2.34. The van der Waals surface area contributed by atoms with Gasteiger partial charge in [0.05, 0.1) is 12.6 Å². The number of aliphatic hydroxyl groups excluding tert-OH is 1. The summed E-state index contributed by atoms with van der Waals surface area (Å²) < 4.78 is 5.72. The molecule has 2 atom stereocenters. The first kappa shape index (κ1) is 18.5. The van der Waals surface area contributed by atoms with Crippen LogP contribution in [-0.4, -0.2) is 59.3 Å². The molecule has 2 aliphatic rings. The fourth-order valence-electron chi connectivity index (χ4n) is 4.02. The van der Waals surface area contributed by atoms with Crippen molar-refractivity contribution >= 4 is 16.8 Å². The normalized spacial score (nSPS) is 21.3. The number of ether oxygens (including phenoxy) is 1. The van der Waals surface area contributed by atoms with Gasteiger partial charge in [-0.05, 0) is 55.9 Å². The number of H-pyrrole nitrogens is 1. The highest BCUT2D eigenvalue weighted by Crippen LogP contribution is 2.36. The molecule has 0 radical (unpaired) electrons. The van der Waals surface area contributed by atoms with E-state index in [1.165, 1.54) is 10.9 Å². The number of aliphatic hydroxyl groups is 1. The van der Waals surface area contributed by atoms with Gasteiger partial charge in [0, 0.05) is 42.8 Å². The van der Waals surface area contributed by atoms with Crippen LogP contribution in [-0.2, 0) is 16.0 Å². The first-order chi connectivity index (χ1) is 13.2. The number of hydrogen-bond donors (Lipinski definition) is 3. The number of rotatable bonds is 7. The van der Waals surface area contributed by atoms with Crippen LogP contribution in [0.4, 0.5) is 0 Å². The second kappa shape index (κ2) is 8.00. The molecule has 0 spiro atoms. The van der Waals surface area contributed by atoms with Gasteiger partial charge in [0.25, 0.3) is 5.91 Å². The van der Waals surface area contributed by atoms with Crippen molar-refractivity contribution < 1.29 is 14.6 Å². The zero-order valence-corrected chi connectivity index (χ0v) is 15.9. The van der Waals surface area contributed by atoms with Crippen molar-refractivity contribution in [1.82, 2.24) is 15.2 Å². The van der Waals surface area contributed by atoms with E-state index >= 15 is 0 Å². The summed E-state index contributed by atoms with van der Waals surface area (Å²) in [5, 5.41) is 13.6. The summed E-state index contributed by atoms with van der Waals surface area (Å²) in [7, 11) is 0. The van der Waals surface area contributed by atoms with Crippen molar-refractivity contribution in [3.05, 3.63) is 35.5 Å². The predicted molar refractivity (Wildman–Crippen MR) is 105 cm³/mol. The van der Waals surface area contributed by atoms with E-state index in [9.17, 15) is 4.79 Å². The Morgan fingerprint density at radius 1 is 1.41 bits per heavy atom. The first-order valence-electron chi connectivity index (χ1n) is 10.0. The number of hydrogen-bond acceptors (Lipinski definition) is 4. The fourth-order valence-corrected chi connectivity index (χ4v) is 4.02. The van der Waals surface area contributed by atoms with Crippen molar-refractivity contribution in [3.8, 4) is 0 Å². The van der Waals surface area contributed by atoms with E-state index in [0.717, 1.165) is 43.3 Å². The third-order valence-electron chi connectivity index (χ3n) is 5.69. The minimum absolute atomic E-state index is 0.0144. The molecule has 1 saturated carbocycles. The van der Waals surface area contributed by atoms with Gasteiger partial charge in [0.2, 0.25) is 0 Å². The van der Waals surface area contributed by atoms with Crippen LogP contribution in [0.1, 0.15) is 43.4 Å². The number of benzene rings is 1. The molecule has 6 nitrogen and oxygen atoms in total. The van der Waals surface area contributed by atoms with Crippen molar-refractivity contribution in [2.24, 2.45) is 0 Å². The van der Waals surface area contributed by atoms with Crippen LogP contribution in [0.5, 0.6) is 0 Å². The van der Waals surface area contributed by atoms with E-state index in [4.69, 9.17) is 9.84 Å². The predicted octanol–water partition coefficient (Wildman–Crippen LogP) is 2.13. The molecular formula is C21H29N3O3. The standard InChI is InChI=1S/C21H29N3O3/c1-14(24(17-5-6-17)21(26)20-13-22-8-10-27-20)15-4-7-19-18(11-15)16(12-23-19)3-2-9-25/h4,7,11-12,14,17,20,22-23,25H,2-3,5-6,8-10,13H2,1H3/t14?,20-/m1/s1. The van der Waals surface area contributed by atoms with Crippen LogP contribution in [0.3, 0.4) is 0 Å². The third kappa shape index (κ3) is 3.88. The van der Waals surface area contributed by atoms with Crippen LogP contribution in [0, 0.1) is 0 Å². The number of carbonyl (C=O) groups is 1. The number of morpholine rings is 1. The minimum Gasteiger partial charge on any atom is -0.396 e. The molecule has 4 rings (SSSR count). The average Bonchev–Trinajstić information content (AvgIpc) is 3.46. The van der Waals surface area contributed by atoms with Crippen LogP contribution in [0.25, 0.3) is 10.9 Å². The SMILES string of the molecule is CC(c1ccc2[nH]cc(CCCO)c2c1)N(C(=O)[C@H]1CNCCO1)C1CC1. The molecule has 6 heteroatoms. The maximum absolute atomic E-state index is 13.1. The number of nitrogens with zero attached hydrogens (tertiary/aromatic N) is 1. The summed E-state index contributed by atoms with van der Waals surface area (Å²) in [6.45, 7) is 4.31. The maximum atomic E-state index is 13.1. The monoisotopic (exact) mass is 371 g/mol. The topological polar surface area (TPSA) is 77.6 Å². The molecule has 27 heavy (non-hydrogen) atoms. The van der Waals surface area contributed by atoms with E-state index in [1.807, 2.05) is 11.1 Å². The maximum Gasteiger partial charge on any atom is 0.253 e. The number of aromatic nitrogens is 1. The van der Waals surface area contributed by atoms with Crippen molar-refractivity contribution in [2.75, 3.05) is 26.3 Å². The van der Waals surface area contributed by atoms with Crippen LogP contribution in [0.2, 0.25) is 0 Å². The summed E-state index contributed by atoms with van der Waals surface area (Å²) >= 11 is 0. The number of aryl methyl sites for hydroxylation is 1. The summed E-state index contributed by atoms with van der Waals surface area (Å²) in [4.78, 5) is 18.5. The Bertz CT molecular complexity index is 793. The van der Waals surface area contributed by atoms with Crippen LogP contribution < -0.4 is 5.32 Å². The van der Waals surface area contributed by atoms with Gasteiger partial charge >= 0.3 is 0 Å². The lowest BCUT2D eigenvalue weighted by Crippen LogP contribution is -2.50. The number of carbonyl (C=O) groups excluding carboxylic acids is 1. The largest absolute Gasteiger partial charge is 0.396 e. The van der Waals surface area contributed by atoms with Gasteiger partial charge < -0.3 is 25.0 Å². The van der Waals surface area contributed by atoms with Gasteiger partial charge in [-0.3, -0.25) is 4.79 Å². The highest BCUT2D eigenvalue weighted by molar-refractivity contribution is 5.85. The zero-order valence-electron chi connectivity index (χ0n) is 15.9. The first-order valence-corrected chi connectivity index (χ1v) is 10.0. The van der Waals surface area contributed by atoms with Gasteiger partial charge in [-0.1, -0.05) is 6.07 Å². The lowest BCUT2D eigenvalue weighted by atomic mass is 10.0. The smallest absolute Gasteiger partial charge is 0.253 e. The molecule has 2 heterocycles. The molecule has 3 N–H and O–H groups in total. The Labute approximate surface area is 159 Å². The Hall–Kier alpha value is -1.89. The molecule has 2 fully saturated rings. The van der Waals surface area contributed by atoms with Crippen molar-refractivity contribution in [3.63, 3.8) is 0 Å². The summed E-state index contributed by atoms with van der Waals surface area (Å²) in [5.41, 5.74) is 3.47. The van der Waals surface area contributed by atoms with E-state index in [-0.39, 0.29) is 24.7 Å².